The fourth-order valence-electron chi connectivity index (χ4n) is 1.94. The summed E-state index contributed by atoms with van der Waals surface area (Å²) in [7, 11) is 0. The maximum absolute atomic E-state index is 13.1. The van der Waals surface area contributed by atoms with Gasteiger partial charge in [0.25, 0.3) is 0 Å². The van der Waals surface area contributed by atoms with Gasteiger partial charge in [0.05, 0.1) is 5.02 Å². The van der Waals surface area contributed by atoms with Crippen molar-refractivity contribution in [2.75, 3.05) is 0 Å². The molecule has 1 atom stereocenters. The Morgan fingerprint density at radius 3 is 2.29 bits per heavy atom. The zero-order valence-corrected chi connectivity index (χ0v) is 11.5. The van der Waals surface area contributed by atoms with E-state index in [0.717, 1.165) is 6.07 Å². The van der Waals surface area contributed by atoms with E-state index in [9.17, 15) is 17.6 Å². The van der Waals surface area contributed by atoms with Crippen molar-refractivity contribution in [2.24, 2.45) is 0 Å². The van der Waals surface area contributed by atoms with Crippen molar-refractivity contribution in [1.29, 1.82) is 0 Å². The molecule has 0 aliphatic heterocycles. The van der Waals surface area contributed by atoms with Crippen LogP contribution >= 0.6 is 11.6 Å². The molecule has 1 unspecified atom stereocenters. The molecule has 0 radical (unpaired) electrons. The van der Waals surface area contributed by atoms with Crippen LogP contribution in [0, 0.1) is 5.82 Å². The van der Waals surface area contributed by atoms with Gasteiger partial charge in [-0.05, 0) is 23.3 Å². The molecule has 0 saturated carbocycles. The maximum Gasteiger partial charge on any atom is 0.407 e. The topological polar surface area (TPSA) is 12.0 Å². The summed E-state index contributed by atoms with van der Waals surface area (Å²) in [6, 6.07) is 9.60. The van der Waals surface area contributed by atoms with E-state index in [1.54, 1.807) is 18.2 Å². The van der Waals surface area contributed by atoms with Gasteiger partial charge in [-0.3, -0.25) is 5.32 Å². The van der Waals surface area contributed by atoms with Crippen LogP contribution in [0.5, 0.6) is 0 Å². The first kappa shape index (κ1) is 15.8. The number of hydrogen-bond donors (Lipinski definition) is 1. The Morgan fingerprint density at radius 2 is 1.71 bits per heavy atom. The van der Waals surface area contributed by atoms with Gasteiger partial charge in [-0.1, -0.05) is 48.0 Å². The summed E-state index contributed by atoms with van der Waals surface area (Å²) in [5, 5.41) is 2.32. The Morgan fingerprint density at radius 1 is 1.05 bits per heavy atom. The normalized spacial score (nSPS) is 13.2. The summed E-state index contributed by atoms with van der Waals surface area (Å²) in [5.41, 5.74) is 0.602. The largest absolute Gasteiger partial charge is 0.407 e. The molecule has 2 aromatic carbocycles. The first-order valence-electron chi connectivity index (χ1n) is 6.17. The van der Waals surface area contributed by atoms with E-state index in [1.807, 2.05) is 0 Å². The van der Waals surface area contributed by atoms with Crippen molar-refractivity contribution in [3.05, 3.63) is 70.5 Å². The molecular formula is C15H12ClF4N. The van der Waals surface area contributed by atoms with Crippen LogP contribution in [0.4, 0.5) is 17.6 Å². The molecule has 2 aromatic rings. The fourth-order valence-corrected chi connectivity index (χ4v) is 2.14. The van der Waals surface area contributed by atoms with Crippen LogP contribution in [-0.4, -0.2) is 6.18 Å². The van der Waals surface area contributed by atoms with Crippen molar-refractivity contribution >= 4 is 11.6 Å². The van der Waals surface area contributed by atoms with Crippen molar-refractivity contribution in [3.63, 3.8) is 0 Å². The average molecular weight is 318 g/mol. The number of halogens is 5. The van der Waals surface area contributed by atoms with Gasteiger partial charge in [0.1, 0.15) is 11.9 Å². The summed E-state index contributed by atoms with van der Waals surface area (Å²) < 4.78 is 52.3. The van der Waals surface area contributed by atoms with E-state index in [-0.39, 0.29) is 17.1 Å². The predicted molar refractivity (Wildman–Crippen MR) is 73.5 cm³/mol. The third kappa shape index (κ3) is 4.19. The Balaban J connectivity index is 2.15. The Hall–Kier alpha value is -1.59. The van der Waals surface area contributed by atoms with Gasteiger partial charge in [-0.25, -0.2) is 4.39 Å². The Labute approximate surface area is 124 Å². The zero-order valence-electron chi connectivity index (χ0n) is 10.8. The maximum atomic E-state index is 13.1. The zero-order chi connectivity index (χ0) is 15.5. The second kappa shape index (κ2) is 6.45. The number of hydrogen-bond acceptors (Lipinski definition) is 1. The third-order valence-electron chi connectivity index (χ3n) is 2.95. The summed E-state index contributed by atoms with van der Waals surface area (Å²) in [4.78, 5) is 0. The van der Waals surface area contributed by atoms with Gasteiger partial charge < -0.3 is 0 Å². The lowest BCUT2D eigenvalue weighted by molar-refractivity contribution is -0.158. The SMILES string of the molecule is Fc1ccc(CNC(c2ccccc2)C(F)(F)F)cc1Cl. The van der Waals surface area contributed by atoms with Gasteiger partial charge in [0.2, 0.25) is 0 Å². The van der Waals surface area contributed by atoms with Crippen LogP contribution < -0.4 is 5.32 Å². The summed E-state index contributed by atoms with van der Waals surface area (Å²) in [6.45, 7) is -0.0704. The highest BCUT2D eigenvalue weighted by Gasteiger charge is 2.40. The number of benzene rings is 2. The van der Waals surface area contributed by atoms with Gasteiger partial charge in [-0.15, -0.1) is 0 Å². The van der Waals surface area contributed by atoms with Gasteiger partial charge in [0.15, 0.2) is 0 Å². The number of rotatable bonds is 4. The molecule has 1 N–H and O–H groups in total. The van der Waals surface area contributed by atoms with E-state index in [4.69, 9.17) is 11.6 Å². The van der Waals surface area contributed by atoms with Crippen molar-refractivity contribution in [1.82, 2.24) is 5.32 Å². The van der Waals surface area contributed by atoms with Gasteiger partial charge in [-0.2, -0.15) is 13.2 Å². The molecule has 1 nitrogen and oxygen atoms in total. The summed E-state index contributed by atoms with van der Waals surface area (Å²) >= 11 is 5.61. The monoisotopic (exact) mass is 317 g/mol. The van der Waals surface area contributed by atoms with E-state index in [1.165, 1.54) is 24.3 Å². The second-order valence-corrected chi connectivity index (χ2v) is 4.92. The summed E-state index contributed by atoms with van der Waals surface area (Å²) in [6.07, 6.45) is -4.43. The average Bonchev–Trinajstić information content (AvgIpc) is 2.43. The number of alkyl halides is 3. The molecule has 0 saturated heterocycles. The van der Waals surface area contributed by atoms with Crippen molar-refractivity contribution in [3.8, 4) is 0 Å². The van der Waals surface area contributed by atoms with Crippen molar-refractivity contribution in [2.45, 2.75) is 18.8 Å². The van der Waals surface area contributed by atoms with Gasteiger partial charge in [0, 0.05) is 6.54 Å². The lowest BCUT2D eigenvalue weighted by Gasteiger charge is -2.22. The molecule has 0 aliphatic carbocycles. The highest BCUT2D eigenvalue weighted by Crippen LogP contribution is 2.32. The molecule has 0 bridgehead atoms. The molecule has 0 aromatic heterocycles. The van der Waals surface area contributed by atoms with E-state index in [0.29, 0.717) is 5.56 Å². The highest BCUT2D eigenvalue weighted by atomic mass is 35.5. The van der Waals surface area contributed by atoms with Crippen LogP contribution in [0.15, 0.2) is 48.5 Å². The van der Waals surface area contributed by atoms with Crippen LogP contribution in [0.25, 0.3) is 0 Å². The molecule has 0 spiro atoms. The first-order valence-corrected chi connectivity index (χ1v) is 6.54. The molecule has 0 aliphatic rings. The van der Waals surface area contributed by atoms with E-state index in [2.05, 4.69) is 5.32 Å². The fraction of sp³-hybridized carbons (Fsp3) is 0.200. The molecule has 2 rings (SSSR count). The molecule has 21 heavy (non-hydrogen) atoms. The first-order chi connectivity index (χ1) is 9.88. The minimum absolute atomic E-state index is 0.0704. The van der Waals surface area contributed by atoms with Crippen molar-refractivity contribution < 1.29 is 17.6 Å². The Kier molecular flexibility index (Phi) is 4.85. The molecule has 0 fully saturated rings. The predicted octanol–water partition coefficient (Wildman–Crippen LogP) is 4.87. The molecule has 0 amide bonds. The quantitative estimate of drug-likeness (QED) is 0.793. The van der Waals surface area contributed by atoms with E-state index < -0.39 is 18.0 Å². The highest BCUT2D eigenvalue weighted by molar-refractivity contribution is 6.30. The lowest BCUT2D eigenvalue weighted by Crippen LogP contribution is -2.33. The number of nitrogens with one attached hydrogen (secondary N) is 1. The second-order valence-electron chi connectivity index (χ2n) is 4.51. The minimum atomic E-state index is -4.43. The van der Waals surface area contributed by atoms with Crippen LogP contribution in [0.1, 0.15) is 17.2 Å². The van der Waals surface area contributed by atoms with Crippen LogP contribution in [0.2, 0.25) is 5.02 Å². The van der Waals surface area contributed by atoms with E-state index >= 15 is 0 Å². The van der Waals surface area contributed by atoms with Crippen LogP contribution in [0.3, 0.4) is 0 Å². The van der Waals surface area contributed by atoms with Crippen LogP contribution in [-0.2, 0) is 6.54 Å². The van der Waals surface area contributed by atoms with Gasteiger partial charge >= 0.3 is 6.18 Å². The molecule has 6 heteroatoms. The lowest BCUT2D eigenvalue weighted by atomic mass is 10.1. The molecule has 0 heterocycles. The smallest absolute Gasteiger partial charge is 0.298 e. The standard InChI is InChI=1S/C15H12ClF4N/c16-12-8-10(6-7-13(12)17)9-21-14(15(18,19)20)11-4-2-1-3-5-11/h1-8,14,21H,9H2. The molecule has 112 valence electrons. The molecular weight excluding hydrogens is 306 g/mol. The summed E-state index contributed by atoms with van der Waals surface area (Å²) in [5.74, 6) is -0.601. The third-order valence-corrected chi connectivity index (χ3v) is 3.24. The minimum Gasteiger partial charge on any atom is -0.298 e. The Bertz CT molecular complexity index is 598.